The maximum absolute atomic E-state index is 14.1. The Bertz CT molecular complexity index is 1070. The average molecular weight is 513 g/mol. The van der Waals surface area contributed by atoms with Crippen LogP contribution in [0.5, 0.6) is 0 Å². The molecule has 2 aromatic rings. The average Bonchev–Trinajstić information content (AvgIpc) is 3.17. The van der Waals surface area contributed by atoms with Gasteiger partial charge in [-0.25, -0.2) is 14.9 Å². The van der Waals surface area contributed by atoms with Crippen molar-refractivity contribution in [1.29, 1.82) is 0 Å². The molecule has 10 nitrogen and oxygen atoms in total. The van der Waals surface area contributed by atoms with Crippen LogP contribution in [0, 0.1) is 5.92 Å². The monoisotopic (exact) mass is 512 g/mol. The molecule has 1 aliphatic rings. The summed E-state index contributed by atoms with van der Waals surface area (Å²) < 4.78 is 36.1. The Morgan fingerprint density at radius 2 is 2.06 bits per heavy atom. The fourth-order valence-electron chi connectivity index (χ4n) is 3.42. The zero-order valence-electron chi connectivity index (χ0n) is 20.1. The van der Waals surface area contributed by atoms with Crippen molar-refractivity contribution < 1.29 is 28.0 Å². The third-order valence-electron chi connectivity index (χ3n) is 4.95. The van der Waals surface area contributed by atoms with Crippen LogP contribution in [-0.2, 0) is 30.0 Å². The SMILES string of the molecule is C=C(NP(=O)(N[C@@H](C)C1OC1OCC)c1ccc(-c2nc(N)sc2CC(C)C)o1)C(=O)OCC. The van der Waals surface area contributed by atoms with E-state index in [9.17, 15) is 9.36 Å². The largest absolute Gasteiger partial charge is 0.461 e. The van der Waals surface area contributed by atoms with E-state index in [1.165, 1.54) is 11.3 Å². The molecule has 4 N–H and O–H groups in total. The van der Waals surface area contributed by atoms with Gasteiger partial charge in [-0.1, -0.05) is 20.4 Å². The summed E-state index contributed by atoms with van der Waals surface area (Å²) in [5.74, 6) is 0.130. The Balaban J connectivity index is 1.89. The minimum Gasteiger partial charge on any atom is -0.461 e. The Hall–Kier alpha value is -2.17. The molecule has 3 unspecified atom stereocenters. The Labute approximate surface area is 203 Å². The van der Waals surface area contributed by atoms with Crippen LogP contribution in [0.25, 0.3) is 11.5 Å². The van der Waals surface area contributed by atoms with Crippen molar-refractivity contribution >= 4 is 35.4 Å². The Morgan fingerprint density at radius 3 is 2.71 bits per heavy atom. The lowest BCUT2D eigenvalue weighted by atomic mass is 10.1. The summed E-state index contributed by atoms with van der Waals surface area (Å²) in [5.41, 5.74) is 6.53. The number of nitrogen functional groups attached to an aromatic ring is 1. The van der Waals surface area contributed by atoms with Crippen LogP contribution < -0.4 is 21.4 Å². The van der Waals surface area contributed by atoms with Gasteiger partial charge in [-0.05, 0) is 45.2 Å². The highest BCUT2D eigenvalue weighted by atomic mass is 32.1. The van der Waals surface area contributed by atoms with E-state index in [0.717, 1.165) is 11.3 Å². The Kier molecular flexibility index (Phi) is 8.59. The molecule has 0 saturated carbocycles. The second kappa shape index (κ2) is 11.0. The van der Waals surface area contributed by atoms with Crippen LogP contribution in [0.3, 0.4) is 0 Å². The maximum Gasteiger partial charge on any atom is 0.354 e. The molecule has 3 rings (SSSR count). The van der Waals surface area contributed by atoms with Gasteiger partial charge >= 0.3 is 5.97 Å². The number of hydrogen-bond donors (Lipinski definition) is 3. The van der Waals surface area contributed by atoms with Gasteiger partial charge in [-0.2, -0.15) is 0 Å². The lowest BCUT2D eigenvalue weighted by molar-refractivity contribution is -0.138. The zero-order chi connectivity index (χ0) is 25.0. The molecule has 34 heavy (non-hydrogen) atoms. The van der Waals surface area contributed by atoms with Crippen LogP contribution in [0.15, 0.2) is 28.8 Å². The topological polar surface area (TPSA) is 141 Å². The molecule has 12 heteroatoms. The van der Waals surface area contributed by atoms with E-state index < -0.39 is 13.4 Å². The lowest BCUT2D eigenvalue weighted by Gasteiger charge is -2.23. The van der Waals surface area contributed by atoms with Crippen LogP contribution in [0.2, 0.25) is 0 Å². The fraction of sp³-hybridized carbons (Fsp3) is 0.545. The number of nitrogens with two attached hydrogens (primary N) is 1. The molecule has 0 aliphatic carbocycles. The van der Waals surface area contributed by atoms with Crippen molar-refractivity contribution in [3.8, 4) is 11.5 Å². The number of furan rings is 1. The minimum atomic E-state index is -3.71. The normalized spacial score (nSPS) is 20.1. The first kappa shape index (κ1) is 26.4. The molecule has 0 bridgehead atoms. The second-order valence-corrected chi connectivity index (χ2v) is 11.6. The van der Waals surface area contributed by atoms with Crippen molar-refractivity contribution in [3.05, 3.63) is 29.3 Å². The molecule has 2 aromatic heterocycles. The first-order chi connectivity index (χ1) is 16.1. The summed E-state index contributed by atoms with van der Waals surface area (Å²) in [7, 11) is -3.71. The number of carbonyl (C=O) groups excluding carboxylic acids is 1. The van der Waals surface area contributed by atoms with Gasteiger partial charge in [0.05, 0.1) is 6.61 Å². The van der Waals surface area contributed by atoms with E-state index in [1.807, 2.05) is 13.8 Å². The van der Waals surface area contributed by atoms with E-state index in [0.29, 0.717) is 29.1 Å². The highest BCUT2D eigenvalue weighted by Crippen LogP contribution is 2.42. The molecular weight excluding hydrogens is 479 g/mol. The highest BCUT2D eigenvalue weighted by molar-refractivity contribution is 7.67. The van der Waals surface area contributed by atoms with E-state index >= 15 is 0 Å². The van der Waals surface area contributed by atoms with E-state index in [-0.39, 0.29) is 36.2 Å². The quantitative estimate of drug-likeness (QED) is 0.158. The molecular formula is C22H33N4O6PS. The summed E-state index contributed by atoms with van der Waals surface area (Å²) in [6.45, 7) is 13.9. The summed E-state index contributed by atoms with van der Waals surface area (Å²) in [4.78, 5) is 17.6. The van der Waals surface area contributed by atoms with E-state index in [2.05, 4.69) is 35.6 Å². The van der Waals surface area contributed by atoms with Gasteiger partial charge in [0, 0.05) is 17.5 Å². The number of carbonyl (C=O) groups is 1. The molecule has 3 heterocycles. The summed E-state index contributed by atoms with van der Waals surface area (Å²) >= 11 is 1.40. The minimum absolute atomic E-state index is 0.107. The molecule has 1 saturated heterocycles. The van der Waals surface area contributed by atoms with E-state index in [1.54, 1.807) is 19.1 Å². The highest BCUT2D eigenvalue weighted by Gasteiger charge is 2.47. The number of nitrogens with one attached hydrogen (secondary N) is 2. The third kappa shape index (κ3) is 6.28. The molecule has 0 spiro atoms. The maximum atomic E-state index is 14.1. The summed E-state index contributed by atoms with van der Waals surface area (Å²) in [5, 5.41) is 6.18. The molecule has 0 aromatic carbocycles. The van der Waals surface area contributed by atoms with Crippen molar-refractivity contribution in [3.63, 3.8) is 0 Å². The standard InChI is InChI=1S/C22H33N4O6PS/c1-7-29-20(27)14(6)26-33(28,25-13(5)19-21(32-19)30-8-2)17-10-9-15(31-17)18-16(11-12(3)4)34-22(23)24-18/h9-10,12-13,19,21H,6-8,11H2,1-5H3,(H2,23,24)(H2,25,26,28)/t13-,19?,21?,33?/m0/s1. The number of thiazole rings is 1. The van der Waals surface area contributed by atoms with Crippen molar-refractivity contribution in [1.82, 2.24) is 15.2 Å². The summed E-state index contributed by atoms with van der Waals surface area (Å²) in [6, 6.07) is 2.90. The lowest BCUT2D eigenvalue weighted by Crippen LogP contribution is -2.39. The number of rotatable bonds is 13. The zero-order valence-corrected chi connectivity index (χ0v) is 21.8. The van der Waals surface area contributed by atoms with Gasteiger partial charge in [0.25, 0.3) is 7.44 Å². The third-order valence-corrected chi connectivity index (χ3v) is 8.07. The number of epoxide rings is 1. The van der Waals surface area contributed by atoms with Crippen molar-refractivity contribution in [2.24, 2.45) is 5.92 Å². The molecule has 0 amide bonds. The number of anilines is 1. The van der Waals surface area contributed by atoms with Crippen LogP contribution >= 0.6 is 18.8 Å². The van der Waals surface area contributed by atoms with Gasteiger partial charge in [-0.3, -0.25) is 4.57 Å². The first-order valence-corrected chi connectivity index (χ1v) is 13.7. The van der Waals surface area contributed by atoms with Gasteiger partial charge in [0.2, 0.25) is 0 Å². The molecule has 1 aliphatic heterocycles. The molecule has 4 atom stereocenters. The molecule has 188 valence electrons. The predicted molar refractivity (Wildman–Crippen MR) is 132 cm³/mol. The second-order valence-electron chi connectivity index (χ2n) is 8.32. The fourth-order valence-corrected chi connectivity index (χ4v) is 6.48. The number of nitrogens with zero attached hydrogens (tertiary/aromatic N) is 1. The number of esters is 1. The first-order valence-electron chi connectivity index (χ1n) is 11.2. The summed E-state index contributed by atoms with van der Waals surface area (Å²) in [6.07, 6.45) is 0.109. The smallest absolute Gasteiger partial charge is 0.354 e. The molecule has 1 fully saturated rings. The van der Waals surface area contributed by atoms with Gasteiger partial charge in [0.1, 0.15) is 17.5 Å². The van der Waals surface area contributed by atoms with E-state index in [4.69, 9.17) is 24.4 Å². The van der Waals surface area contributed by atoms with Crippen molar-refractivity contribution in [2.45, 2.75) is 59.5 Å². The van der Waals surface area contributed by atoms with Gasteiger partial charge < -0.3 is 29.4 Å². The van der Waals surface area contributed by atoms with Gasteiger partial charge in [-0.15, -0.1) is 11.3 Å². The predicted octanol–water partition coefficient (Wildman–Crippen LogP) is 3.41. The Morgan fingerprint density at radius 1 is 1.32 bits per heavy atom. The van der Waals surface area contributed by atoms with Crippen LogP contribution in [-0.4, -0.2) is 42.6 Å². The van der Waals surface area contributed by atoms with Crippen LogP contribution in [0.1, 0.15) is 39.5 Å². The number of aromatic nitrogens is 1. The number of ether oxygens (including phenoxy) is 3. The van der Waals surface area contributed by atoms with Gasteiger partial charge in [0.15, 0.2) is 22.7 Å². The van der Waals surface area contributed by atoms with Crippen molar-refractivity contribution in [2.75, 3.05) is 18.9 Å². The number of hydrogen-bond acceptors (Lipinski definition) is 9. The molecule has 0 radical (unpaired) electrons. The van der Waals surface area contributed by atoms with Crippen LogP contribution in [0.4, 0.5) is 5.13 Å².